The first-order valence-electron chi connectivity index (χ1n) is 14.6. The van der Waals surface area contributed by atoms with Crippen LogP contribution in [0, 0.1) is 34.5 Å². The Balaban J connectivity index is 0.000000154. The highest BCUT2D eigenvalue weighted by molar-refractivity contribution is 6.64. The Morgan fingerprint density at radius 3 is 1.62 bits per heavy atom. The number of esters is 1. The quantitative estimate of drug-likeness (QED) is 0.255. The molecule has 6 atom stereocenters. The molecule has 2 aromatic carbocycles. The molecule has 5 heteroatoms. The van der Waals surface area contributed by atoms with Crippen LogP contribution in [0.4, 0.5) is 0 Å². The van der Waals surface area contributed by atoms with Crippen molar-refractivity contribution in [3.05, 3.63) is 71.8 Å². The standard InChI is InChI=1S/C17H22O2.C13H18O.C4H5ClO/c1-12(13-6-4-3-5-7-13)15-10-17(15,2)11-19-16(18)14-8-9-14;1-10(11-6-4-3-5-7-11)12-8-13(12,2)9-14;5-4(6)3-1-2-3/h3-7,12,14-15H,8-11H2,1-2H3;3-7,10,12,14H,8-9H2,1-2H3;3H,1-2H2/t12-,15+,17+;10-,12+,13+;/m11./s1. The van der Waals surface area contributed by atoms with Gasteiger partial charge in [0.1, 0.15) is 0 Å². The van der Waals surface area contributed by atoms with Crippen LogP contribution in [-0.2, 0) is 14.3 Å². The summed E-state index contributed by atoms with van der Waals surface area (Å²) in [7, 11) is 0. The van der Waals surface area contributed by atoms with Crippen molar-refractivity contribution >= 4 is 22.8 Å². The molecule has 39 heavy (non-hydrogen) atoms. The molecule has 6 rings (SSSR count). The molecule has 4 aliphatic carbocycles. The summed E-state index contributed by atoms with van der Waals surface area (Å²) in [5.41, 5.74) is 3.18. The van der Waals surface area contributed by atoms with Crippen molar-refractivity contribution in [1.29, 1.82) is 0 Å². The smallest absolute Gasteiger partial charge is 0.308 e. The SMILES string of the molecule is C[C@H](c1ccccc1)[C@@H]1C[C@@]1(C)CO.C[C@H](c1ccccc1)[C@@H]1C[C@@]1(C)COC(=O)C1CC1.O=C(Cl)C1CC1. The van der Waals surface area contributed by atoms with E-state index >= 15 is 0 Å². The Morgan fingerprint density at radius 2 is 1.26 bits per heavy atom. The third-order valence-corrected chi connectivity index (χ3v) is 9.72. The highest BCUT2D eigenvalue weighted by atomic mass is 35.5. The van der Waals surface area contributed by atoms with Crippen LogP contribution in [0.3, 0.4) is 0 Å². The Hall–Kier alpha value is -2.17. The van der Waals surface area contributed by atoms with Crippen molar-refractivity contribution in [2.75, 3.05) is 13.2 Å². The van der Waals surface area contributed by atoms with Crippen LogP contribution in [-0.4, -0.2) is 29.5 Å². The van der Waals surface area contributed by atoms with Gasteiger partial charge in [-0.3, -0.25) is 9.59 Å². The lowest BCUT2D eigenvalue weighted by Gasteiger charge is -2.17. The molecule has 4 nitrogen and oxygen atoms in total. The van der Waals surface area contributed by atoms with E-state index in [4.69, 9.17) is 16.3 Å². The second kappa shape index (κ2) is 12.6. The van der Waals surface area contributed by atoms with Crippen LogP contribution in [0.1, 0.15) is 89.2 Å². The summed E-state index contributed by atoms with van der Waals surface area (Å²) in [5.74, 6) is 2.90. The number of carbonyl (C=O) groups is 2. The van der Waals surface area contributed by atoms with E-state index in [0.29, 0.717) is 36.9 Å². The van der Waals surface area contributed by atoms with Gasteiger partial charge in [0.2, 0.25) is 5.24 Å². The van der Waals surface area contributed by atoms with E-state index < -0.39 is 0 Å². The summed E-state index contributed by atoms with van der Waals surface area (Å²) in [6, 6.07) is 21.2. The predicted octanol–water partition coefficient (Wildman–Crippen LogP) is 7.74. The highest BCUT2D eigenvalue weighted by Crippen LogP contribution is 2.59. The summed E-state index contributed by atoms with van der Waals surface area (Å²) in [6.45, 7) is 9.91. The van der Waals surface area contributed by atoms with Gasteiger partial charge in [-0.1, -0.05) is 88.4 Å². The maximum Gasteiger partial charge on any atom is 0.308 e. The van der Waals surface area contributed by atoms with Crippen LogP contribution in [0.25, 0.3) is 0 Å². The Kier molecular flexibility index (Phi) is 9.60. The molecule has 0 heterocycles. The number of hydrogen-bond donors (Lipinski definition) is 1. The van der Waals surface area contributed by atoms with Crippen LogP contribution in [0.15, 0.2) is 60.7 Å². The molecule has 0 spiro atoms. The van der Waals surface area contributed by atoms with E-state index in [0.717, 1.165) is 25.7 Å². The molecular formula is C34H45ClO4. The van der Waals surface area contributed by atoms with Gasteiger partial charge in [0.05, 0.1) is 12.5 Å². The summed E-state index contributed by atoms with van der Waals surface area (Å²) in [4.78, 5) is 21.6. The molecule has 0 saturated heterocycles. The van der Waals surface area contributed by atoms with E-state index in [2.05, 4.69) is 82.3 Å². The molecule has 4 saturated carbocycles. The van der Waals surface area contributed by atoms with Crippen molar-refractivity contribution < 1.29 is 19.4 Å². The highest BCUT2D eigenvalue weighted by Gasteiger charge is 2.54. The zero-order chi connectivity index (χ0) is 28.2. The van der Waals surface area contributed by atoms with Gasteiger partial charge in [0.25, 0.3) is 0 Å². The minimum absolute atomic E-state index is 0.0271. The van der Waals surface area contributed by atoms with Gasteiger partial charge in [-0.2, -0.15) is 0 Å². The van der Waals surface area contributed by atoms with E-state index in [1.165, 1.54) is 24.0 Å². The number of aliphatic hydroxyl groups is 1. The molecule has 0 aliphatic heterocycles. The van der Waals surface area contributed by atoms with E-state index in [1.54, 1.807) is 0 Å². The molecule has 0 amide bonds. The summed E-state index contributed by atoms with van der Waals surface area (Å²) >= 11 is 5.04. The second-order valence-electron chi connectivity index (χ2n) is 12.9. The van der Waals surface area contributed by atoms with Crippen LogP contribution >= 0.6 is 11.6 Å². The normalized spacial score (nSPS) is 29.9. The number of aliphatic hydroxyl groups excluding tert-OH is 1. The molecule has 0 aromatic heterocycles. The summed E-state index contributed by atoms with van der Waals surface area (Å²) < 4.78 is 5.47. The lowest BCUT2D eigenvalue weighted by atomic mass is 9.91. The Morgan fingerprint density at radius 1 is 0.821 bits per heavy atom. The number of halogens is 1. The molecule has 2 aromatic rings. The van der Waals surface area contributed by atoms with Gasteiger partial charge in [0.15, 0.2) is 0 Å². The fourth-order valence-corrected chi connectivity index (χ4v) is 5.97. The average Bonchev–Trinajstić information content (AvgIpc) is 3.78. The van der Waals surface area contributed by atoms with Gasteiger partial charge in [0, 0.05) is 17.9 Å². The van der Waals surface area contributed by atoms with Crippen LogP contribution in [0.5, 0.6) is 0 Å². The molecule has 0 radical (unpaired) electrons. The molecule has 1 N–H and O–H groups in total. The fourth-order valence-electron chi connectivity index (χ4n) is 5.76. The topological polar surface area (TPSA) is 63.6 Å². The van der Waals surface area contributed by atoms with Gasteiger partial charge >= 0.3 is 5.97 Å². The molecule has 4 fully saturated rings. The fraction of sp³-hybridized carbons (Fsp3) is 0.588. The Bertz CT molecular complexity index is 1100. The number of carbonyl (C=O) groups excluding carboxylic acids is 2. The monoisotopic (exact) mass is 552 g/mol. The number of hydrogen-bond acceptors (Lipinski definition) is 4. The summed E-state index contributed by atoms with van der Waals surface area (Å²) in [6.07, 6.45) is 6.42. The minimum atomic E-state index is -0.157. The first-order chi connectivity index (χ1) is 18.6. The van der Waals surface area contributed by atoms with Crippen molar-refractivity contribution in [2.45, 2.75) is 78.1 Å². The number of benzene rings is 2. The van der Waals surface area contributed by atoms with Crippen LogP contribution in [0.2, 0.25) is 0 Å². The van der Waals surface area contributed by atoms with E-state index in [9.17, 15) is 14.7 Å². The molecular weight excluding hydrogens is 508 g/mol. The number of ether oxygens (including phenoxy) is 1. The lowest BCUT2D eigenvalue weighted by Crippen LogP contribution is -2.16. The molecule has 0 bridgehead atoms. The van der Waals surface area contributed by atoms with E-state index in [1.807, 2.05) is 6.07 Å². The Labute approximate surface area is 239 Å². The third-order valence-electron chi connectivity index (χ3n) is 9.41. The zero-order valence-electron chi connectivity index (χ0n) is 23.9. The van der Waals surface area contributed by atoms with Crippen LogP contribution < -0.4 is 0 Å². The molecule has 4 aliphatic rings. The molecule has 212 valence electrons. The predicted molar refractivity (Wildman–Crippen MR) is 156 cm³/mol. The van der Waals surface area contributed by atoms with Gasteiger partial charge < -0.3 is 9.84 Å². The third kappa shape index (κ3) is 8.17. The van der Waals surface area contributed by atoms with Crippen molar-refractivity contribution in [3.8, 4) is 0 Å². The summed E-state index contributed by atoms with van der Waals surface area (Å²) in [5, 5.41) is 9.07. The molecule has 0 unspecified atom stereocenters. The maximum atomic E-state index is 11.6. The second-order valence-corrected chi connectivity index (χ2v) is 13.3. The first kappa shape index (κ1) is 29.8. The van der Waals surface area contributed by atoms with Crippen molar-refractivity contribution in [2.24, 2.45) is 34.5 Å². The largest absolute Gasteiger partial charge is 0.465 e. The van der Waals surface area contributed by atoms with E-state index in [-0.39, 0.29) is 33.9 Å². The van der Waals surface area contributed by atoms with Gasteiger partial charge in [-0.25, -0.2) is 0 Å². The van der Waals surface area contributed by atoms with Gasteiger partial charge in [-0.05, 0) is 90.3 Å². The number of rotatable bonds is 9. The average molecular weight is 553 g/mol. The van der Waals surface area contributed by atoms with Crippen molar-refractivity contribution in [1.82, 2.24) is 0 Å². The first-order valence-corrected chi connectivity index (χ1v) is 15.0. The minimum Gasteiger partial charge on any atom is -0.465 e. The van der Waals surface area contributed by atoms with Crippen molar-refractivity contribution in [3.63, 3.8) is 0 Å². The lowest BCUT2D eigenvalue weighted by molar-refractivity contribution is -0.147. The maximum absolute atomic E-state index is 11.6. The zero-order valence-corrected chi connectivity index (χ0v) is 24.7. The van der Waals surface area contributed by atoms with Gasteiger partial charge in [-0.15, -0.1) is 0 Å².